The molecule has 0 spiro atoms. The molecule has 0 bridgehead atoms. The second-order valence-corrected chi connectivity index (χ2v) is 7.82. The molecule has 24 heavy (non-hydrogen) atoms. The maximum absolute atomic E-state index is 13.1. The first-order valence-electron chi connectivity index (χ1n) is 7.12. The Morgan fingerprint density at radius 2 is 1.83 bits per heavy atom. The minimum atomic E-state index is -3.47. The van der Waals surface area contributed by atoms with E-state index in [0.29, 0.717) is 0 Å². The molecule has 2 rings (SSSR count). The maximum atomic E-state index is 13.1. The van der Waals surface area contributed by atoms with Gasteiger partial charge in [-0.05, 0) is 12.8 Å². The number of piperidine rings is 1. The largest absolute Gasteiger partial charge is 0.364 e. The molecular weight excluding hydrogens is 358 g/mol. The van der Waals surface area contributed by atoms with E-state index in [9.17, 15) is 35.9 Å². The van der Waals surface area contributed by atoms with Crippen molar-refractivity contribution in [2.75, 3.05) is 19.3 Å². The zero-order valence-corrected chi connectivity index (χ0v) is 13.5. The van der Waals surface area contributed by atoms with Crippen LogP contribution in [0.5, 0.6) is 0 Å². The number of carbonyl (C=O) groups excluding carboxylic acids is 1. The lowest BCUT2D eigenvalue weighted by atomic mass is 9.96. The Bertz CT molecular complexity index is 634. The summed E-state index contributed by atoms with van der Waals surface area (Å²) in [7, 11) is -3.44. The molecule has 2 heterocycles. The molecule has 7 nitrogen and oxygen atoms in total. The van der Waals surface area contributed by atoms with Crippen LogP contribution in [-0.2, 0) is 14.8 Å². The number of aliphatic hydroxyl groups is 1. The van der Waals surface area contributed by atoms with Gasteiger partial charge < -0.3 is 5.11 Å². The Labute approximate surface area is 136 Å². The Balaban J connectivity index is 2.16. The highest BCUT2D eigenvalue weighted by atomic mass is 32.2. The molecule has 0 aromatic heterocycles. The van der Waals surface area contributed by atoms with Crippen LogP contribution < -0.4 is 0 Å². The first kappa shape index (κ1) is 19.1. The molecule has 0 aromatic carbocycles. The van der Waals surface area contributed by atoms with Crippen LogP contribution in [0.25, 0.3) is 0 Å². The fourth-order valence-electron chi connectivity index (χ4n) is 2.73. The fourth-order valence-corrected chi connectivity index (χ4v) is 3.60. The van der Waals surface area contributed by atoms with Crippen LogP contribution >= 0.6 is 0 Å². The number of rotatable bonds is 4. The van der Waals surface area contributed by atoms with Crippen LogP contribution in [0.1, 0.15) is 19.3 Å². The highest BCUT2D eigenvalue weighted by Crippen LogP contribution is 2.35. The molecule has 2 aliphatic heterocycles. The van der Waals surface area contributed by atoms with Crippen molar-refractivity contribution in [1.82, 2.24) is 9.31 Å². The van der Waals surface area contributed by atoms with Crippen molar-refractivity contribution in [2.45, 2.75) is 37.8 Å². The van der Waals surface area contributed by atoms with Gasteiger partial charge in [0.15, 0.2) is 0 Å². The van der Waals surface area contributed by atoms with Crippen molar-refractivity contribution >= 4 is 21.6 Å². The molecule has 138 valence electrons. The second-order valence-electron chi connectivity index (χ2n) is 5.83. The van der Waals surface area contributed by atoms with Crippen LogP contribution in [0.3, 0.4) is 0 Å². The summed E-state index contributed by atoms with van der Waals surface area (Å²) in [6.45, 7) is 0.00319. The minimum absolute atomic E-state index is 0.00159. The minimum Gasteiger partial charge on any atom is -0.364 e. The lowest BCUT2D eigenvalue weighted by molar-refractivity contribution is -0.195. The number of carbonyl (C=O) groups is 1. The molecule has 1 atom stereocenters. The van der Waals surface area contributed by atoms with Gasteiger partial charge in [0.1, 0.15) is 5.71 Å². The molecule has 1 N–H and O–H groups in total. The molecule has 0 saturated carbocycles. The van der Waals surface area contributed by atoms with Crippen LogP contribution in [0, 0.1) is 5.92 Å². The Morgan fingerprint density at radius 1 is 1.29 bits per heavy atom. The standard InChI is InChI=1S/C12H17F4N3O4S/c1-24(22,23)18-4-2-7(3-5-18)10(20)19-12(21,11(15)16)6-8(17-19)9(13)14/h7,9,11,21H,2-6H2,1H3. The van der Waals surface area contributed by atoms with E-state index in [1.807, 2.05) is 0 Å². The van der Waals surface area contributed by atoms with Gasteiger partial charge in [-0.1, -0.05) is 0 Å². The maximum Gasteiger partial charge on any atom is 0.287 e. The molecule has 0 radical (unpaired) electrons. The summed E-state index contributed by atoms with van der Waals surface area (Å²) in [5, 5.41) is 13.2. The van der Waals surface area contributed by atoms with E-state index in [1.54, 1.807) is 0 Å². The summed E-state index contributed by atoms with van der Waals surface area (Å²) >= 11 is 0. The second kappa shape index (κ2) is 6.56. The first-order chi connectivity index (χ1) is 11.0. The van der Waals surface area contributed by atoms with E-state index in [1.165, 1.54) is 0 Å². The topological polar surface area (TPSA) is 90.3 Å². The number of hydrogen-bond acceptors (Lipinski definition) is 5. The molecule has 2 aliphatic rings. The number of halogens is 4. The quantitative estimate of drug-likeness (QED) is 0.723. The van der Waals surface area contributed by atoms with E-state index in [0.717, 1.165) is 10.6 Å². The van der Waals surface area contributed by atoms with Gasteiger partial charge in [-0.3, -0.25) is 4.79 Å². The zero-order valence-electron chi connectivity index (χ0n) is 12.7. The van der Waals surface area contributed by atoms with Crippen molar-refractivity contribution < 1.29 is 35.9 Å². The molecule has 0 aliphatic carbocycles. The molecule has 1 fully saturated rings. The first-order valence-corrected chi connectivity index (χ1v) is 8.97. The van der Waals surface area contributed by atoms with Crippen molar-refractivity contribution in [1.29, 1.82) is 0 Å². The van der Waals surface area contributed by atoms with Crippen LogP contribution in [0.4, 0.5) is 17.6 Å². The lowest BCUT2D eigenvalue weighted by Gasteiger charge is -2.35. The number of sulfonamides is 1. The van der Waals surface area contributed by atoms with Gasteiger partial charge in [-0.25, -0.2) is 30.3 Å². The van der Waals surface area contributed by atoms with Gasteiger partial charge in [0, 0.05) is 25.4 Å². The van der Waals surface area contributed by atoms with E-state index in [4.69, 9.17) is 0 Å². The molecule has 1 unspecified atom stereocenters. The number of hydrazone groups is 1. The van der Waals surface area contributed by atoms with Crippen molar-refractivity contribution in [2.24, 2.45) is 11.0 Å². The van der Waals surface area contributed by atoms with Crippen LogP contribution in [0.15, 0.2) is 5.10 Å². The van der Waals surface area contributed by atoms with Crippen LogP contribution in [-0.4, -0.2) is 72.4 Å². The summed E-state index contributed by atoms with van der Waals surface area (Å²) in [5.41, 5.74) is -4.09. The number of alkyl halides is 4. The predicted octanol–water partition coefficient (Wildman–Crippen LogP) is 0.465. The van der Waals surface area contributed by atoms with Gasteiger partial charge in [0.2, 0.25) is 21.7 Å². The van der Waals surface area contributed by atoms with E-state index in [2.05, 4.69) is 5.10 Å². The van der Waals surface area contributed by atoms with Gasteiger partial charge in [-0.15, -0.1) is 0 Å². The summed E-state index contributed by atoms with van der Waals surface area (Å²) in [5.74, 6) is -1.89. The smallest absolute Gasteiger partial charge is 0.287 e. The number of nitrogens with zero attached hydrogens (tertiary/aromatic N) is 3. The third kappa shape index (κ3) is 3.54. The van der Waals surface area contributed by atoms with Crippen molar-refractivity contribution in [3.8, 4) is 0 Å². The highest BCUT2D eigenvalue weighted by Gasteiger charge is 2.54. The van der Waals surface area contributed by atoms with Gasteiger partial charge in [0.25, 0.3) is 12.9 Å². The number of amides is 1. The third-order valence-corrected chi connectivity index (χ3v) is 5.42. The molecule has 12 heteroatoms. The molecule has 0 aromatic rings. The average molecular weight is 375 g/mol. The SMILES string of the molecule is CS(=O)(=O)N1CCC(C(=O)N2N=C(C(F)F)CC2(O)C(F)F)CC1. The molecule has 1 saturated heterocycles. The van der Waals surface area contributed by atoms with Gasteiger partial charge in [-0.2, -0.15) is 10.1 Å². The van der Waals surface area contributed by atoms with Crippen LogP contribution in [0.2, 0.25) is 0 Å². The van der Waals surface area contributed by atoms with Crippen molar-refractivity contribution in [3.63, 3.8) is 0 Å². The van der Waals surface area contributed by atoms with Gasteiger partial charge >= 0.3 is 0 Å². The zero-order chi connectivity index (χ0) is 18.3. The van der Waals surface area contributed by atoms with Gasteiger partial charge in [0.05, 0.1) is 6.26 Å². The van der Waals surface area contributed by atoms with E-state index >= 15 is 0 Å². The molecular formula is C12H17F4N3O4S. The highest BCUT2D eigenvalue weighted by molar-refractivity contribution is 7.88. The van der Waals surface area contributed by atoms with E-state index in [-0.39, 0.29) is 30.9 Å². The van der Waals surface area contributed by atoms with E-state index < -0.39 is 52.6 Å². The Hall–Kier alpha value is -1.27. The van der Waals surface area contributed by atoms with Crippen molar-refractivity contribution in [3.05, 3.63) is 0 Å². The summed E-state index contributed by atoms with van der Waals surface area (Å²) in [4.78, 5) is 12.4. The summed E-state index contributed by atoms with van der Waals surface area (Å²) in [6.07, 6.45) is -6.71. The third-order valence-electron chi connectivity index (χ3n) is 4.12. The number of hydrogen-bond donors (Lipinski definition) is 1. The Morgan fingerprint density at radius 3 is 2.25 bits per heavy atom. The predicted molar refractivity (Wildman–Crippen MR) is 75.0 cm³/mol. The average Bonchev–Trinajstić information content (AvgIpc) is 2.85. The fraction of sp³-hybridized carbons (Fsp3) is 0.833. The molecule has 1 amide bonds. The summed E-state index contributed by atoms with van der Waals surface area (Å²) in [6, 6.07) is 0. The Kier molecular flexibility index (Phi) is 5.21. The lowest BCUT2D eigenvalue weighted by Crippen LogP contribution is -2.54. The normalized spacial score (nSPS) is 27.2. The summed E-state index contributed by atoms with van der Waals surface area (Å²) < 4.78 is 75.6. The monoisotopic (exact) mass is 375 g/mol.